The Bertz CT molecular complexity index is 929. The van der Waals surface area contributed by atoms with Crippen LogP contribution in [0.25, 0.3) is 9.88 Å². The van der Waals surface area contributed by atoms with Gasteiger partial charge in [-0.05, 0) is 30.5 Å². The van der Waals surface area contributed by atoms with Gasteiger partial charge in [0, 0.05) is 37.9 Å². The second-order valence-electron chi connectivity index (χ2n) is 6.39. The molecular weight excluding hydrogens is 378 g/mol. The number of aromatic nitrogens is 1. The van der Waals surface area contributed by atoms with Crippen LogP contribution < -0.4 is 9.64 Å². The van der Waals surface area contributed by atoms with Crippen LogP contribution in [-0.2, 0) is 0 Å². The number of methoxy groups -OCH3 is 1. The number of anilines is 1. The molecule has 0 saturated carbocycles. The largest absolute Gasteiger partial charge is 0.497 e. The lowest BCUT2D eigenvalue weighted by atomic mass is 10.2. The summed E-state index contributed by atoms with van der Waals surface area (Å²) in [6.07, 6.45) is 0. The molecule has 5 nitrogen and oxygen atoms in total. The Morgan fingerprint density at radius 1 is 1.15 bits per heavy atom. The number of rotatable bonds is 4. The highest BCUT2D eigenvalue weighted by atomic mass is 32.1. The van der Waals surface area contributed by atoms with Crippen molar-refractivity contribution in [2.24, 2.45) is 0 Å². The molecule has 1 fully saturated rings. The lowest BCUT2D eigenvalue weighted by molar-refractivity contribution is 0.0750. The zero-order valence-corrected chi connectivity index (χ0v) is 17.0. The number of piperazine rings is 1. The summed E-state index contributed by atoms with van der Waals surface area (Å²) in [5.74, 6) is 0.950. The maximum atomic E-state index is 13.0. The Hall–Kier alpha value is -2.38. The quantitative estimate of drug-likeness (QED) is 0.661. The second kappa shape index (κ2) is 7.70. The molecule has 0 unspecified atom stereocenters. The Balaban J connectivity index is 1.44. The first-order chi connectivity index (χ1) is 13.2. The maximum Gasteiger partial charge on any atom is 0.265 e. The van der Waals surface area contributed by atoms with Crippen LogP contribution in [0.15, 0.2) is 41.8 Å². The zero-order chi connectivity index (χ0) is 18.8. The summed E-state index contributed by atoms with van der Waals surface area (Å²) in [6, 6.07) is 12.1. The molecule has 4 rings (SSSR count). The molecule has 0 atom stereocenters. The van der Waals surface area contributed by atoms with E-state index in [1.165, 1.54) is 11.3 Å². The average molecular weight is 400 g/mol. The van der Waals surface area contributed by atoms with Crippen LogP contribution in [0.2, 0.25) is 0 Å². The molecule has 7 heteroatoms. The number of carbonyl (C=O) groups excluding carboxylic acids is 1. The van der Waals surface area contributed by atoms with Crippen molar-refractivity contribution < 1.29 is 9.53 Å². The Morgan fingerprint density at radius 2 is 1.96 bits per heavy atom. The van der Waals surface area contributed by atoms with Crippen molar-refractivity contribution in [1.82, 2.24) is 9.88 Å². The van der Waals surface area contributed by atoms with Gasteiger partial charge in [0.2, 0.25) is 0 Å². The summed E-state index contributed by atoms with van der Waals surface area (Å²) in [5, 5.41) is 2.96. The predicted molar refractivity (Wildman–Crippen MR) is 111 cm³/mol. The van der Waals surface area contributed by atoms with Crippen LogP contribution in [0.4, 0.5) is 5.69 Å². The third kappa shape index (κ3) is 3.70. The van der Waals surface area contributed by atoms with E-state index < -0.39 is 0 Å². The van der Waals surface area contributed by atoms with E-state index in [0.717, 1.165) is 45.0 Å². The molecule has 1 aliphatic rings. The molecule has 0 radical (unpaired) electrons. The van der Waals surface area contributed by atoms with Crippen LogP contribution in [-0.4, -0.2) is 49.1 Å². The number of carbonyl (C=O) groups is 1. The maximum absolute atomic E-state index is 13.0. The van der Waals surface area contributed by atoms with Crippen LogP contribution in [0.5, 0.6) is 5.75 Å². The first-order valence-electron chi connectivity index (χ1n) is 8.85. The molecule has 3 aromatic rings. The normalized spacial score (nSPS) is 14.4. The van der Waals surface area contributed by atoms with E-state index in [2.05, 4.69) is 16.0 Å². The van der Waals surface area contributed by atoms with Gasteiger partial charge in [0.15, 0.2) is 0 Å². The van der Waals surface area contributed by atoms with Crippen molar-refractivity contribution in [3.05, 3.63) is 52.3 Å². The van der Waals surface area contributed by atoms with E-state index in [4.69, 9.17) is 4.74 Å². The van der Waals surface area contributed by atoms with Gasteiger partial charge in [0.1, 0.15) is 15.6 Å². The van der Waals surface area contributed by atoms with E-state index in [-0.39, 0.29) is 5.91 Å². The molecule has 1 saturated heterocycles. The van der Waals surface area contributed by atoms with E-state index >= 15 is 0 Å². The van der Waals surface area contributed by atoms with E-state index in [0.29, 0.717) is 13.1 Å². The van der Waals surface area contributed by atoms with Gasteiger partial charge in [-0.25, -0.2) is 4.98 Å². The topological polar surface area (TPSA) is 45.7 Å². The molecule has 3 heterocycles. The number of ether oxygens (including phenoxy) is 1. The van der Waals surface area contributed by atoms with Crippen molar-refractivity contribution in [2.75, 3.05) is 38.2 Å². The highest BCUT2D eigenvalue weighted by Gasteiger charge is 2.26. The molecule has 27 heavy (non-hydrogen) atoms. The first-order valence-corrected chi connectivity index (χ1v) is 10.5. The van der Waals surface area contributed by atoms with Crippen LogP contribution in [0.1, 0.15) is 15.4 Å². The molecule has 0 bridgehead atoms. The fourth-order valence-electron chi connectivity index (χ4n) is 3.22. The van der Waals surface area contributed by atoms with Crippen LogP contribution in [0.3, 0.4) is 0 Å². The smallest absolute Gasteiger partial charge is 0.265 e. The average Bonchev–Trinajstić information content (AvgIpc) is 3.37. The summed E-state index contributed by atoms with van der Waals surface area (Å²) < 4.78 is 5.31. The van der Waals surface area contributed by atoms with Gasteiger partial charge in [-0.1, -0.05) is 12.1 Å². The highest BCUT2D eigenvalue weighted by molar-refractivity contribution is 7.22. The number of benzene rings is 1. The van der Waals surface area contributed by atoms with Gasteiger partial charge in [0.05, 0.1) is 17.7 Å². The third-order valence-corrected chi connectivity index (χ3v) is 6.89. The number of hydrogen-bond donors (Lipinski definition) is 0. The van der Waals surface area contributed by atoms with E-state index in [1.54, 1.807) is 18.4 Å². The van der Waals surface area contributed by atoms with Crippen molar-refractivity contribution >= 4 is 34.3 Å². The van der Waals surface area contributed by atoms with Gasteiger partial charge in [0.25, 0.3) is 5.91 Å². The number of amides is 1. The SMILES string of the molecule is COc1cccc(N2CCN(C(=O)c3sc(-c4cccs4)nc3C)CC2)c1. The molecule has 1 aromatic carbocycles. The monoisotopic (exact) mass is 399 g/mol. The lowest BCUT2D eigenvalue weighted by Crippen LogP contribution is -2.48. The number of hydrogen-bond acceptors (Lipinski definition) is 6. The second-order valence-corrected chi connectivity index (χ2v) is 8.34. The van der Waals surface area contributed by atoms with Crippen LogP contribution >= 0.6 is 22.7 Å². The number of nitrogens with zero attached hydrogens (tertiary/aromatic N) is 3. The molecule has 140 valence electrons. The summed E-state index contributed by atoms with van der Waals surface area (Å²) in [5.41, 5.74) is 1.96. The van der Waals surface area contributed by atoms with Crippen molar-refractivity contribution in [2.45, 2.75) is 6.92 Å². The highest BCUT2D eigenvalue weighted by Crippen LogP contribution is 2.32. The number of thiazole rings is 1. The summed E-state index contributed by atoms with van der Waals surface area (Å²) in [4.78, 5) is 23.7. The standard InChI is InChI=1S/C20H21N3O2S2/c1-14-18(27-19(21-14)17-7-4-12-26-17)20(24)23-10-8-22(9-11-23)15-5-3-6-16(13-15)25-2/h3-7,12-13H,8-11H2,1-2H3. The summed E-state index contributed by atoms with van der Waals surface area (Å²) >= 11 is 3.15. The molecule has 0 N–H and O–H groups in total. The Kier molecular flexibility index (Phi) is 5.13. The number of aryl methyl sites for hydroxylation is 1. The number of thiophene rings is 1. The first kappa shape index (κ1) is 18.0. The van der Waals surface area contributed by atoms with Gasteiger partial charge >= 0.3 is 0 Å². The fourth-order valence-corrected chi connectivity index (χ4v) is 5.05. The van der Waals surface area contributed by atoms with Gasteiger partial charge in [-0.3, -0.25) is 4.79 Å². The third-order valence-electron chi connectivity index (χ3n) is 4.71. The fraction of sp³-hybridized carbons (Fsp3) is 0.300. The summed E-state index contributed by atoms with van der Waals surface area (Å²) in [7, 11) is 1.68. The van der Waals surface area contributed by atoms with Crippen LogP contribution in [0, 0.1) is 6.92 Å². The van der Waals surface area contributed by atoms with E-state index in [9.17, 15) is 4.79 Å². The van der Waals surface area contributed by atoms with E-state index in [1.807, 2.05) is 47.5 Å². The molecule has 0 aliphatic carbocycles. The zero-order valence-electron chi connectivity index (χ0n) is 15.3. The minimum absolute atomic E-state index is 0.0955. The van der Waals surface area contributed by atoms with Gasteiger partial charge < -0.3 is 14.5 Å². The van der Waals surface area contributed by atoms with Gasteiger partial charge in [-0.2, -0.15) is 0 Å². The molecular formula is C20H21N3O2S2. The van der Waals surface area contributed by atoms with Crippen molar-refractivity contribution in [3.8, 4) is 15.6 Å². The minimum Gasteiger partial charge on any atom is -0.497 e. The summed E-state index contributed by atoms with van der Waals surface area (Å²) in [6.45, 7) is 4.97. The molecule has 1 amide bonds. The Labute approximate surface area is 166 Å². The lowest BCUT2D eigenvalue weighted by Gasteiger charge is -2.36. The van der Waals surface area contributed by atoms with Crippen molar-refractivity contribution in [1.29, 1.82) is 0 Å². The predicted octanol–water partition coefficient (Wildman–Crippen LogP) is 4.15. The molecule has 2 aromatic heterocycles. The Morgan fingerprint density at radius 3 is 2.67 bits per heavy atom. The minimum atomic E-state index is 0.0955. The molecule has 0 spiro atoms. The van der Waals surface area contributed by atoms with Crippen molar-refractivity contribution in [3.63, 3.8) is 0 Å². The van der Waals surface area contributed by atoms with Gasteiger partial charge in [-0.15, -0.1) is 22.7 Å². The molecule has 1 aliphatic heterocycles.